The first-order chi connectivity index (χ1) is 26.1. The predicted octanol–water partition coefficient (Wildman–Crippen LogP) is 5.45. The molecule has 0 radical (unpaired) electrons. The first kappa shape index (κ1) is 39.2. The van der Waals surface area contributed by atoms with Crippen molar-refractivity contribution in [2.75, 3.05) is 6.54 Å². The fraction of sp³-hybridized carbons (Fsp3) is 0.524. The van der Waals surface area contributed by atoms with Gasteiger partial charge in [-0.15, -0.1) is 0 Å². The van der Waals surface area contributed by atoms with Crippen LogP contribution >= 0.6 is 0 Å². The van der Waals surface area contributed by atoms with Crippen LogP contribution < -0.4 is 16.8 Å². The van der Waals surface area contributed by atoms with Gasteiger partial charge in [-0.05, 0) is 127 Å². The number of rotatable bonds is 19. The van der Waals surface area contributed by atoms with E-state index >= 15 is 0 Å². The Balaban J connectivity index is 1.33. The van der Waals surface area contributed by atoms with Gasteiger partial charge in [0, 0.05) is 31.0 Å². The lowest BCUT2D eigenvalue weighted by Gasteiger charge is -2.51. The van der Waals surface area contributed by atoms with Crippen LogP contribution in [0.25, 0.3) is 16.1 Å². The van der Waals surface area contributed by atoms with Gasteiger partial charge in [0.15, 0.2) is 12.2 Å². The van der Waals surface area contributed by atoms with Crippen LogP contribution in [0.15, 0.2) is 65.3 Å². The molecule has 2 bridgehead atoms. The lowest BCUT2D eigenvalue weighted by molar-refractivity contribution is -0.131. The Morgan fingerprint density at radius 1 is 1.00 bits per heavy atom. The molecule has 1 aromatic heterocycles. The maximum absolute atomic E-state index is 12.5. The van der Waals surface area contributed by atoms with E-state index in [1.807, 2.05) is 24.4 Å². The summed E-state index contributed by atoms with van der Waals surface area (Å²) in [5, 5.41) is 39.5. The minimum absolute atomic E-state index is 0.0520. The van der Waals surface area contributed by atoms with Crippen LogP contribution in [0.1, 0.15) is 99.2 Å². The van der Waals surface area contributed by atoms with Crippen molar-refractivity contribution >= 4 is 41.1 Å². The summed E-state index contributed by atoms with van der Waals surface area (Å²) in [5.41, 5.74) is 17.2. The van der Waals surface area contributed by atoms with Crippen LogP contribution in [-0.2, 0) is 20.8 Å². The minimum atomic E-state index is -1.42. The smallest absolute Gasteiger partial charge is 0.328 e. The van der Waals surface area contributed by atoms with E-state index in [2.05, 4.69) is 39.6 Å². The third kappa shape index (κ3) is 9.58. The summed E-state index contributed by atoms with van der Waals surface area (Å²) < 4.78 is 0. The second kappa shape index (κ2) is 18.2. The second-order valence-corrected chi connectivity index (χ2v) is 15.6. The van der Waals surface area contributed by atoms with E-state index in [0.717, 1.165) is 67.4 Å². The zero-order valence-corrected chi connectivity index (χ0v) is 30.9. The highest BCUT2D eigenvalue weighted by atomic mass is 16.5. The Kier molecular flexibility index (Phi) is 13.2. The van der Waals surface area contributed by atoms with E-state index in [1.165, 1.54) is 17.2 Å². The Morgan fingerprint density at radius 3 is 2.54 bits per heavy atom. The molecule has 12 nitrogen and oxygen atoms in total. The van der Waals surface area contributed by atoms with Gasteiger partial charge in [0.1, 0.15) is 12.6 Å². The molecule has 0 spiro atoms. The van der Waals surface area contributed by atoms with Crippen molar-refractivity contribution < 1.29 is 29.7 Å². The normalized spacial score (nSPS) is 24.2. The number of nitrogens with two attached hydrogens (primary N) is 2. The number of aliphatic hydroxyl groups is 2. The lowest BCUT2D eigenvalue weighted by atomic mass is 9.56. The van der Waals surface area contributed by atoms with E-state index in [9.17, 15) is 29.7 Å². The molecule has 6 rings (SSSR count). The van der Waals surface area contributed by atoms with Crippen LogP contribution in [0.5, 0.6) is 0 Å². The summed E-state index contributed by atoms with van der Waals surface area (Å²) in [6.07, 6.45) is 11.8. The lowest BCUT2D eigenvalue weighted by Crippen LogP contribution is -2.49. The number of hydrogen-bond acceptors (Lipinski definition) is 9. The molecule has 0 saturated heterocycles. The summed E-state index contributed by atoms with van der Waals surface area (Å²) in [5.74, 6) is 0.524. The first-order valence-corrected chi connectivity index (χ1v) is 19.6. The largest absolute Gasteiger partial charge is 0.478 e. The van der Waals surface area contributed by atoms with Crippen molar-refractivity contribution in [2.45, 2.75) is 113 Å². The molecule has 1 saturated carbocycles. The Bertz CT molecular complexity index is 1810. The van der Waals surface area contributed by atoms with Crippen molar-refractivity contribution in [2.24, 2.45) is 34.2 Å². The standard InChI is InChI=1S/C42H55N6O6/c43-30(11-7-26(24-50)8-13-39(51)52)3-1-4-31-34-21-28(33-20-27-9-6-25(15-18-49)19-29(27)22-35(31)33)10-12-32(34)41(48-38-5-2-16-45-38)36(23-40(53)54)37-14-17-46-42(44)47-37/h2,5-6,9,16,18-20,22-24,26,28,30-32,34,37,39,41,45,51-52H,1,3-4,7-8,10-15,17,21,43H2,(H,53,54)(H3,44,46,47)/q-1. The Hall–Kier alpha value is -4.52. The summed E-state index contributed by atoms with van der Waals surface area (Å²) in [6.45, 7) is 0.498. The van der Waals surface area contributed by atoms with E-state index in [0.29, 0.717) is 61.9 Å². The molecule has 3 aromatic rings. The maximum atomic E-state index is 12.5. The fourth-order valence-corrected chi connectivity index (χ4v) is 9.43. The van der Waals surface area contributed by atoms with Crippen molar-refractivity contribution in [1.82, 2.24) is 10.3 Å². The average molecular weight is 740 g/mol. The fourth-order valence-electron chi connectivity index (χ4n) is 9.43. The SMILES string of the molecule is NC1=NCCC(C(=CC(=O)O)C([N-]c2ccc[nH]2)C2CCC3CC2C(CCCC(N)CCC(C=O)CCC(O)O)c2cc4cc(CC=O)ccc4cc23)N1. The minimum Gasteiger partial charge on any atom is -0.478 e. The third-order valence-electron chi connectivity index (χ3n) is 12.0. The number of carbonyl (C=O) groups excluding carboxylic acids is 2. The molecule has 3 aliphatic rings. The maximum Gasteiger partial charge on any atom is 0.328 e. The van der Waals surface area contributed by atoms with Crippen LogP contribution in [0, 0.1) is 17.8 Å². The first-order valence-electron chi connectivity index (χ1n) is 19.6. The number of fused-ring (bicyclic) bond motifs is 5. The second-order valence-electron chi connectivity index (χ2n) is 15.6. The summed E-state index contributed by atoms with van der Waals surface area (Å²) in [6, 6.07) is 13.9. The van der Waals surface area contributed by atoms with Crippen molar-refractivity contribution in [1.29, 1.82) is 0 Å². The number of aldehydes is 2. The average Bonchev–Trinajstić information content (AvgIpc) is 3.67. The number of nitrogens with one attached hydrogen (secondary N) is 2. The number of aliphatic imine (C=N–C) groups is 1. The number of hydrogen-bond donors (Lipinski definition) is 7. The van der Waals surface area contributed by atoms with Gasteiger partial charge in [-0.2, -0.15) is 0 Å². The van der Waals surface area contributed by atoms with Gasteiger partial charge in [0.2, 0.25) is 0 Å². The summed E-state index contributed by atoms with van der Waals surface area (Å²) in [7, 11) is 0. The van der Waals surface area contributed by atoms with E-state index < -0.39 is 18.3 Å². The van der Waals surface area contributed by atoms with Gasteiger partial charge in [-0.3, -0.25) is 4.99 Å². The number of aliphatic carboxylic acids is 1. The number of carboxylic acids is 1. The number of guanidine groups is 1. The number of nitrogens with zero attached hydrogens (tertiary/aromatic N) is 2. The highest BCUT2D eigenvalue weighted by Crippen LogP contribution is 2.57. The number of H-pyrrole nitrogens is 1. The molecule has 2 aliphatic carbocycles. The highest BCUT2D eigenvalue weighted by molar-refractivity contribution is 5.86. The molecule has 2 aromatic carbocycles. The molecule has 1 fully saturated rings. The monoisotopic (exact) mass is 739 g/mol. The molecule has 8 atom stereocenters. The number of aromatic nitrogens is 1. The van der Waals surface area contributed by atoms with E-state index in [4.69, 9.17) is 16.8 Å². The van der Waals surface area contributed by atoms with Crippen molar-refractivity contribution in [3.63, 3.8) is 0 Å². The molecule has 290 valence electrons. The van der Waals surface area contributed by atoms with Gasteiger partial charge in [-0.1, -0.05) is 60.9 Å². The zero-order chi connectivity index (χ0) is 38.2. The van der Waals surface area contributed by atoms with E-state index in [-0.39, 0.29) is 42.2 Å². The topological polar surface area (TPSA) is 218 Å². The van der Waals surface area contributed by atoms with Gasteiger partial charge in [0.25, 0.3) is 0 Å². The molecular weight excluding hydrogens is 684 g/mol. The van der Waals surface area contributed by atoms with Gasteiger partial charge in [0.05, 0.1) is 6.04 Å². The number of aromatic amines is 1. The Labute approximate surface area is 316 Å². The molecule has 12 heteroatoms. The number of benzene rings is 2. The number of aliphatic hydroxyl groups excluding tert-OH is 1. The molecule has 1 aliphatic heterocycles. The quantitative estimate of drug-likeness (QED) is 0.0472. The third-order valence-corrected chi connectivity index (χ3v) is 12.0. The summed E-state index contributed by atoms with van der Waals surface area (Å²) in [4.78, 5) is 43.1. The van der Waals surface area contributed by atoms with Gasteiger partial charge in [-0.25, -0.2) is 4.79 Å². The van der Waals surface area contributed by atoms with Gasteiger partial charge >= 0.3 is 5.97 Å². The van der Waals surface area contributed by atoms with E-state index in [1.54, 1.807) is 0 Å². The Morgan fingerprint density at radius 2 is 1.81 bits per heavy atom. The molecule has 54 heavy (non-hydrogen) atoms. The number of carbonyl (C=O) groups is 3. The zero-order valence-electron chi connectivity index (χ0n) is 30.9. The number of carboxylic acid groups (broad SMARTS) is 1. The van der Waals surface area contributed by atoms with Crippen LogP contribution in [0.4, 0.5) is 5.82 Å². The van der Waals surface area contributed by atoms with Crippen LogP contribution in [-0.4, -0.2) is 75.8 Å². The highest BCUT2D eigenvalue weighted by Gasteiger charge is 2.45. The molecule has 0 amide bonds. The molecule has 8 unspecified atom stereocenters. The predicted molar refractivity (Wildman–Crippen MR) is 209 cm³/mol. The van der Waals surface area contributed by atoms with Crippen molar-refractivity contribution in [3.8, 4) is 0 Å². The van der Waals surface area contributed by atoms with Crippen LogP contribution in [0.2, 0.25) is 0 Å². The van der Waals surface area contributed by atoms with Gasteiger partial charge < -0.3 is 52.0 Å². The van der Waals surface area contributed by atoms with Crippen LogP contribution in [0.3, 0.4) is 0 Å². The molecule has 9 N–H and O–H groups in total. The van der Waals surface area contributed by atoms with Crippen molar-refractivity contribution in [3.05, 3.63) is 82.3 Å². The summed E-state index contributed by atoms with van der Waals surface area (Å²) >= 11 is 0. The molecular formula is C42H55N6O6-. The molecule has 2 heterocycles.